The maximum absolute atomic E-state index is 13.1. The summed E-state index contributed by atoms with van der Waals surface area (Å²) in [5.41, 5.74) is 5.62. The minimum absolute atomic E-state index is 0.0199. The van der Waals surface area contributed by atoms with Crippen LogP contribution in [0.4, 0.5) is 4.39 Å². The zero-order chi connectivity index (χ0) is 22.0. The van der Waals surface area contributed by atoms with E-state index in [1.807, 2.05) is 0 Å². The van der Waals surface area contributed by atoms with E-state index in [0.29, 0.717) is 32.8 Å². The van der Waals surface area contributed by atoms with Gasteiger partial charge in [0.25, 0.3) is 17.4 Å². The van der Waals surface area contributed by atoms with Gasteiger partial charge in [0.2, 0.25) is 0 Å². The Kier molecular flexibility index (Phi) is 5.54. The van der Waals surface area contributed by atoms with Gasteiger partial charge < -0.3 is 0 Å². The fraction of sp³-hybridized carbons (Fsp3) is 0.0952. The molecule has 4 aromatic rings. The number of carbonyl (C=O) groups is 2. The molecule has 0 saturated heterocycles. The molecule has 0 saturated carbocycles. The Bertz CT molecular complexity index is 1350. The number of halogens is 1. The predicted molar refractivity (Wildman–Crippen MR) is 113 cm³/mol. The quantitative estimate of drug-likeness (QED) is 0.424. The van der Waals surface area contributed by atoms with Gasteiger partial charge in [0.1, 0.15) is 10.7 Å². The van der Waals surface area contributed by atoms with Gasteiger partial charge in [-0.25, -0.2) is 14.5 Å². The topological polar surface area (TPSA) is 117 Å². The van der Waals surface area contributed by atoms with Crippen LogP contribution in [0.2, 0.25) is 0 Å². The number of hydrogen-bond acceptors (Lipinski definition) is 6. The molecule has 0 unspecified atom stereocenters. The number of aryl methyl sites for hydroxylation is 1. The zero-order valence-electron chi connectivity index (χ0n) is 16.2. The molecule has 0 spiro atoms. The van der Waals surface area contributed by atoms with Crippen molar-refractivity contribution in [3.63, 3.8) is 0 Å². The number of fused-ring (bicyclic) bond motifs is 1. The summed E-state index contributed by atoms with van der Waals surface area (Å²) in [7, 11) is 0. The van der Waals surface area contributed by atoms with Crippen LogP contribution in [0.15, 0.2) is 53.3 Å². The number of amides is 2. The predicted octanol–water partition coefficient (Wildman–Crippen LogP) is 2.49. The van der Waals surface area contributed by atoms with E-state index in [0.717, 1.165) is 5.56 Å². The van der Waals surface area contributed by atoms with Crippen LogP contribution >= 0.6 is 11.3 Å². The highest BCUT2D eigenvalue weighted by molar-refractivity contribution is 7.13. The lowest BCUT2D eigenvalue weighted by atomic mass is 10.1. The second kappa shape index (κ2) is 8.44. The van der Waals surface area contributed by atoms with E-state index in [1.54, 1.807) is 43.3 Å². The summed E-state index contributed by atoms with van der Waals surface area (Å²) < 4.78 is 13.1. The highest BCUT2D eigenvalue weighted by atomic mass is 32.1. The van der Waals surface area contributed by atoms with E-state index in [2.05, 4.69) is 26.0 Å². The fourth-order valence-electron chi connectivity index (χ4n) is 3.03. The lowest BCUT2D eigenvalue weighted by Gasteiger charge is -2.07. The molecule has 10 heteroatoms. The van der Waals surface area contributed by atoms with Gasteiger partial charge in [-0.2, -0.15) is 5.10 Å². The molecule has 0 aliphatic heterocycles. The van der Waals surface area contributed by atoms with Gasteiger partial charge in [0, 0.05) is 11.8 Å². The average Bonchev–Trinajstić information content (AvgIpc) is 3.14. The molecule has 156 valence electrons. The molecular formula is C21H16FN5O3S. The van der Waals surface area contributed by atoms with Gasteiger partial charge in [-0.05, 0) is 30.7 Å². The molecule has 0 aliphatic rings. The van der Waals surface area contributed by atoms with Crippen LogP contribution in [0, 0.1) is 12.7 Å². The first-order chi connectivity index (χ1) is 14.9. The number of aromatic amines is 1. The Morgan fingerprint density at radius 2 is 1.71 bits per heavy atom. The average molecular weight is 437 g/mol. The van der Waals surface area contributed by atoms with Gasteiger partial charge in [-0.15, -0.1) is 11.3 Å². The van der Waals surface area contributed by atoms with Gasteiger partial charge in [0.15, 0.2) is 5.69 Å². The van der Waals surface area contributed by atoms with Crippen molar-refractivity contribution in [3.05, 3.63) is 91.5 Å². The van der Waals surface area contributed by atoms with Gasteiger partial charge >= 0.3 is 0 Å². The zero-order valence-corrected chi connectivity index (χ0v) is 17.0. The number of carbonyl (C=O) groups excluding carboxylic acids is 2. The van der Waals surface area contributed by atoms with Gasteiger partial charge in [0.05, 0.1) is 16.1 Å². The molecule has 2 aromatic heterocycles. The molecule has 2 heterocycles. The van der Waals surface area contributed by atoms with Crippen LogP contribution in [0.5, 0.6) is 0 Å². The summed E-state index contributed by atoms with van der Waals surface area (Å²) >= 11 is 1.19. The monoisotopic (exact) mass is 437 g/mol. The third-order valence-corrected chi connectivity index (χ3v) is 5.67. The largest absolute Gasteiger partial charge is 0.290 e. The maximum atomic E-state index is 13.1. The van der Waals surface area contributed by atoms with Crippen LogP contribution in [0.25, 0.3) is 10.8 Å². The highest BCUT2D eigenvalue weighted by Gasteiger charge is 2.18. The van der Waals surface area contributed by atoms with E-state index in [1.165, 1.54) is 23.5 Å². The van der Waals surface area contributed by atoms with Gasteiger partial charge in [-0.3, -0.25) is 25.2 Å². The van der Waals surface area contributed by atoms with E-state index < -0.39 is 17.4 Å². The van der Waals surface area contributed by atoms with E-state index >= 15 is 0 Å². The molecule has 0 radical (unpaired) electrons. The Balaban J connectivity index is 1.46. The third kappa shape index (κ3) is 4.33. The summed E-state index contributed by atoms with van der Waals surface area (Å²) in [5.74, 6) is -1.52. The molecule has 2 aromatic carbocycles. The summed E-state index contributed by atoms with van der Waals surface area (Å²) in [6.07, 6.45) is 0.457. The number of H-pyrrole nitrogens is 1. The first-order valence-corrected chi connectivity index (χ1v) is 10.0. The standard InChI is InChI=1S/C21H16FN5O3S/c1-11-18(31-16(23-11)10-12-6-8-13(22)9-7-12)21(30)27-26-20(29)17-14-4-2-3-5-15(14)19(28)25-24-17/h2-9H,10H2,1H3,(H,25,28)(H,26,29)(H,27,30). The molecule has 0 fully saturated rings. The number of hydrogen-bond donors (Lipinski definition) is 3. The van der Waals surface area contributed by atoms with Crippen molar-refractivity contribution >= 4 is 33.9 Å². The second-order valence-corrected chi connectivity index (χ2v) is 7.76. The van der Waals surface area contributed by atoms with Crippen LogP contribution in [0.1, 0.15) is 36.4 Å². The van der Waals surface area contributed by atoms with Gasteiger partial charge in [-0.1, -0.05) is 30.3 Å². The maximum Gasteiger partial charge on any atom is 0.290 e. The molecule has 4 rings (SSSR count). The Morgan fingerprint density at radius 3 is 2.45 bits per heavy atom. The first kappa shape index (κ1) is 20.4. The number of nitrogens with zero attached hydrogens (tertiary/aromatic N) is 2. The molecule has 31 heavy (non-hydrogen) atoms. The molecule has 0 atom stereocenters. The lowest BCUT2D eigenvalue weighted by Crippen LogP contribution is -2.42. The van der Waals surface area contributed by atoms with E-state index in [-0.39, 0.29) is 11.5 Å². The third-order valence-electron chi connectivity index (χ3n) is 4.52. The number of benzene rings is 2. The smallest absolute Gasteiger partial charge is 0.267 e. The molecule has 2 amide bonds. The number of aromatic nitrogens is 3. The molecule has 0 bridgehead atoms. The number of nitrogens with one attached hydrogen (secondary N) is 3. The minimum Gasteiger partial charge on any atom is -0.267 e. The Morgan fingerprint density at radius 1 is 1.03 bits per heavy atom. The summed E-state index contributed by atoms with van der Waals surface area (Å²) in [6, 6.07) is 12.6. The van der Waals surface area contributed by atoms with Crippen molar-refractivity contribution in [1.82, 2.24) is 26.0 Å². The van der Waals surface area contributed by atoms with E-state index in [9.17, 15) is 18.8 Å². The van der Waals surface area contributed by atoms with Crippen LogP contribution in [-0.4, -0.2) is 27.0 Å². The Labute approximate surface area is 179 Å². The SMILES string of the molecule is Cc1nc(Cc2ccc(F)cc2)sc1C(=O)NNC(=O)c1n[nH]c(=O)c2ccccc12. The first-order valence-electron chi connectivity index (χ1n) is 9.21. The molecule has 8 nitrogen and oxygen atoms in total. The summed E-state index contributed by atoms with van der Waals surface area (Å²) in [4.78, 5) is 41.6. The minimum atomic E-state index is -0.672. The van der Waals surface area contributed by atoms with Crippen LogP contribution < -0.4 is 16.4 Å². The van der Waals surface area contributed by atoms with Crippen LogP contribution in [-0.2, 0) is 6.42 Å². The van der Waals surface area contributed by atoms with Crippen molar-refractivity contribution in [2.75, 3.05) is 0 Å². The number of thiazole rings is 1. The van der Waals surface area contributed by atoms with Crippen molar-refractivity contribution in [1.29, 1.82) is 0 Å². The normalized spacial score (nSPS) is 10.8. The lowest BCUT2D eigenvalue weighted by molar-refractivity contribution is 0.0846. The Hall–Kier alpha value is -3.92. The summed E-state index contributed by atoms with van der Waals surface area (Å²) in [6.45, 7) is 1.69. The number of rotatable bonds is 4. The molecule has 0 aliphatic carbocycles. The van der Waals surface area contributed by atoms with E-state index in [4.69, 9.17) is 0 Å². The number of hydrazine groups is 1. The van der Waals surface area contributed by atoms with Crippen LogP contribution in [0.3, 0.4) is 0 Å². The molecular weight excluding hydrogens is 421 g/mol. The van der Waals surface area contributed by atoms with Crippen molar-refractivity contribution < 1.29 is 14.0 Å². The fourth-order valence-corrected chi connectivity index (χ4v) is 4.03. The summed E-state index contributed by atoms with van der Waals surface area (Å²) in [5, 5.41) is 7.44. The second-order valence-electron chi connectivity index (χ2n) is 6.68. The van der Waals surface area contributed by atoms with Crippen molar-refractivity contribution in [2.45, 2.75) is 13.3 Å². The van der Waals surface area contributed by atoms with Crippen molar-refractivity contribution in [3.8, 4) is 0 Å². The van der Waals surface area contributed by atoms with Crippen molar-refractivity contribution in [2.24, 2.45) is 0 Å². The molecule has 3 N–H and O–H groups in total. The highest BCUT2D eigenvalue weighted by Crippen LogP contribution is 2.21.